The largest absolute Gasteiger partial charge is 0.343 e. The van der Waals surface area contributed by atoms with E-state index in [1.807, 2.05) is 0 Å². The van der Waals surface area contributed by atoms with Crippen molar-refractivity contribution in [3.63, 3.8) is 0 Å². The van der Waals surface area contributed by atoms with Crippen LogP contribution in [0.1, 0.15) is 26.2 Å². The van der Waals surface area contributed by atoms with Gasteiger partial charge in [0.1, 0.15) is 0 Å². The second-order valence-electron chi connectivity index (χ2n) is 6.34. The third-order valence-corrected chi connectivity index (χ3v) is 5.48. The minimum absolute atomic E-state index is 0.210. The molecule has 11 heteroatoms. The maximum absolute atomic E-state index is 12.6. The monoisotopic (exact) mass is 393 g/mol. The van der Waals surface area contributed by atoms with E-state index in [0.29, 0.717) is 41.6 Å². The first-order chi connectivity index (χ1) is 13.0. The predicted octanol–water partition coefficient (Wildman–Crippen LogP) is 0.301. The van der Waals surface area contributed by atoms with Crippen LogP contribution in [0.5, 0.6) is 0 Å². The maximum atomic E-state index is 12.6. The van der Waals surface area contributed by atoms with Crippen LogP contribution in [-0.4, -0.2) is 39.2 Å². The van der Waals surface area contributed by atoms with Gasteiger partial charge in [-0.3, -0.25) is 18.5 Å². The second-order valence-corrected chi connectivity index (χ2v) is 7.41. The molecule has 3 aromatic heterocycles. The Balaban J connectivity index is 1.72. The smallest absolute Gasteiger partial charge is 0.328 e. The first-order valence-electron chi connectivity index (χ1n) is 8.84. The molecule has 0 aliphatic rings. The molecular formula is C16H23N7O3S. The second kappa shape index (κ2) is 7.99. The van der Waals surface area contributed by atoms with E-state index >= 15 is 0 Å². The number of rotatable bonds is 8. The fourth-order valence-electron chi connectivity index (χ4n) is 2.91. The number of aromatic amines is 1. The molecule has 3 aromatic rings. The number of hydrogen-bond acceptors (Lipinski definition) is 6. The van der Waals surface area contributed by atoms with E-state index in [1.165, 1.54) is 27.2 Å². The topological polar surface area (TPSA) is 112 Å². The SMILES string of the molecule is CCCCn1c(SCCCn2c(=O)c3c(ncn3C)n(C)c2=O)n[nH]c1=O. The van der Waals surface area contributed by atoms with Crippen LogP contribution >= 0.6 is 11.8 Å². The molecule has 0 fully saturated rings. The number of hydrogen-bond donors (Lipinski definition) is 1. The highest BCUT2D eigenvalue weighted by atomic mass is 32.2. The van der Waals surface area contributed by atoms with Gasteiger partial charge < -0.3 is 4.57 Å². The lowest BCUT2D eigenvalue weighted by Gasteiger charge is -2.08. The number of thioether (sulfide) groups is 1. The molecule has 0 saturated heterocycles. The lowest BCUT2D eigenvalue weighted by atomic mass is 10.3. The number of nitrogens with one attached hydrogen (secondary N) is 1. The van der Waals surface area contributed by atoms with Crippen molar-refractivity contribution >= 4 is 22.9 Å². The molecule has 10 nitrogen and oxygen atoms in total. The molecule has 1 N–H and O–H groups in total. The summed E-state index contributed by atoms with van der Waals surface area (Å²) in [6, 6.07) is 0. The molecule has 0 unspecified atom stereocenters. The van der Waals surface area contributed by atoms with Gasteiger partial charge in [-0.05, 0) is 12.8 Å². The van der Waals surface area contributed by atoms with Gasteiger partial charge >= 0.3 is 11.4 Å². The number of aryl methyl sites for hydroxylation is 2. The Bertz CT molecular complexity index is 1120. The van der Waals surface area contributed by atoms with Crippen molar-refractivity contribution in [3.8, 4) is 0 Å². The van der Waals surface area contributed by atoms with Gasteiger partial charge in [0.2, 0.25) is 0 Å². The van der Waals surface area contributed by atoms with Gasteiger partial charge in [-0.15, -0.1) is 5.10 Å². The zero-order valence-electron chi connectivity index (χ0n) is 15.6. The number of unbranched alkanes of at least 4 members (excludes halogenated alkanes) is 1. The Morgan fingerprint density at radius 2 is 1.85 bits per heavy atom. The lowest BCUT2D eigenvalue weighted by molar-refractivity contribution is 0.571. The first kappa shape index (κ1) is 19.2. The molecule has 0 radical (unpaired) electrons. The summed E-state index contributed by atoms with van der Waals surface area (Å²) in [7, 11) is 3.34. The summed E-state index contributed by atoms with van der Waals surface area (Å²) in [4.78, 5) is 41.0. The Labute approximate surface area is 158 Å². The van der Waals surface area contributed by atoms with E-state index in [-0.39, 0.29) is 16.9 Å². The van der Waals surface area contributed by atoms with E-state index in [0.717, 1.165) is 12.8 Å². The normalized spacial score (nSPS) is 11.5. The van der Waals surface area contributed by atoms with Crippen LogP contribution in [0.25, 0.3) is 11.2 Å². The lowest BCUT2D eigenvalue weighted by Crippen LogP contribution is -2.39. The molecule has 3 rings (SSSR count). The molecule has 0 spiro atoms. The van der Waals surface area contributed by atoms with Crippen molar-refractivity contribution in [1.82, 2.24) is 33.4 Å². The third-order valence-electron chi connectivity index (χ3n) is 4.42. The number of H-pyrrole nitrogens is 1. The highest BCUT2D eigenvalue weighted by Gasteiger charge is 2.15. The van der Waals surface area contributed by atoms with Gasteiger partial charge in [-0.1, -0.05) is 25.1 Å². The summed E-state index contributed by atoms with van der Waals surface area (Å²) in [5, 5.41) is 7.16. The Morgan fingerprint density at radius 1 is 1.11 bits per heavy atom. The van der Waals surface area contributed by atoms with Crippen molar-refractivity contribution in [2.45, 2.75) is 44.4 Å². The summed E-state index contributed by atoms with van der Waals surface area (Å²) in [5.41, 5.74) is -0.133. The fraction of sp³-hybridized carbons (Fsp3) is 0.562. The molecule has 0 aromatic carbocycles. The predicted molar refractivity (Wildman–Crippen MR) is 103 cm³/mol. The average molecular weight is 393 g/mol. The van der Waals surface area contributed by atoms with Gasteiger partial charge in [0.05, 0.1) is 6.33 Å². The van der Waals surface area contributed by atoms with Crippen molar-refractivity contribution in [2.75, 3.05) is 5.75 Å². The summed E-state index contributed by atoms with van der Waals surface area (Å²) < 4.78 is 5.87. The van der Waals surface area contributed by atoms with E-state index in [4.69, 9.17) is 0 Å². The van der Waals surface area contributed by atoms with Crippen molar-refractivity contribution < 1.29 is 0 Å². The third kappa shape index (κ3) is 3.64. The summed E-state index contributed by atoms with van der Waals surface area (Å²) in [6.07, 6.45) is 4.02. The van der Waals surface area contributed by atoms with Gasteiger partial charge in [0.25, 0.3) is 5.56 Å². The molecule has 0 aliphatic carbocycles. The minimum atomic E-state index is -0.379. The molecule has 0 saturated carbocycles. The van der Waals surface area contributed by atoms with E-state index in [2.05, 4.69) is 22.1 Å². The van der Waals surface area contributed by atoms with Crippen molar-refractivity contribution in [2.24, 2.45) is 14.1 Å². The molecule has 0 amide bonds. The number of fused-ring (bicyclic) bond motifs is 1. The molecule has 27 heavy (non-hydrogen) atoms. The van der Waals surface area contributed by atoms with Crippen molar-refractivity contribution in [1.29, 1.82) is 0 Å². The van der Waals surface area contributed by atoms with Gasteiger partial charge in [-0.25, -0.2) is 19.7 Å². The standard InChI is InChI=1S/C16H23N7O3S/c1-4-5-7-23-14(25)18-19-15(23)27-9-6-8-22-13(24)11-12(17-10-20(11)2)21(3)16(22)26/h10H,4-9H2,1-3H3,(H,18,25). The van der Waals surface area contributed by atoms with E-state index < -0.39 is 0 Å². The van der Waals surface area contributed by atoms with Gasteiger partial charge in [-0.2, -0.15) is 0 Å². The van der Waals surface area contributed by atoms with Crippen LogP contribution in [-0.2, 0) is 27.2 Å². The zero-order chi connectivity index (χ0) is 19.6. The van der Waals surface area contributed by atoms with Crippen LogP contribution in [0, 0.1) is 0 Å². The van der Waals surface area contributed by atoms with E-state index in [9.17, 15) is 14.4 Å². The van der Waals surface area contributed by atoms with Crippen LogP contribution in [0.2, 0.25) is 0 Å². The highest BCUT2D eigenvalue weighted by Crippen LogP contribution is 2.15. The Morgan fingerprint density at radius 3 is 2.59 bits per heavy atom. The first-order valence-corrected chi connectivity index (χ1v) is 9.83. The maximum Gasteiger partial charge on any atom is 0.343 e. The average Bonchev–Trinajstić information content (AvgIpc) is 3.20. The number of nitrogens with zero attached hydrogens (tertiary/aromatic N) is 6. The number of imidazole rings is 1. The number of aromatic nitrogens is 7. The fourth-order valence-corrected chi connectivity index (χ4v) is 3.80. The van der Waals surface area contributed by atoms with Gasteiger partial charge in [0, 0.05) is 32.9 Å². The summed E-state index contributed by atoms with van der Waals surface area (Å²) >= 11 is 1.44. The molecular weight excluding hydrogens is 370 g/mol. The molecule has 0 aliphatic heterocycles. The highest BCUT2D eigenvalue weighted by molar-refractivity contribution is 7.99. The molecule has 0 bridgehead atoms. The van der Waals surface area contributed by atoms with Crippen LogP contribution in [0.15, 0.2) is 25.9 Å². The molecule has 3 heterocycles. The van der Waals surface area contributed by atoms with Gasteiger partial charge in [0.15, 0.2) is 16.3 Å². The Hall–Kier alpha value is -2.56. The summed E-state index contributed by atoms with van der Waals surface area (Å²) in [6.45, 7) is 2.99. The zero-order valence-corrected chi connectivity index (χ0v) is 16.5. The quantitative estimate of drug-likeness (QED) is 0.435. The minimum Gasteiger partial charge on any atom is -0.328 e. The summed E-state index contributed by atoms with van der Waals surface area (Å²) in [5.74, 6) is 0.634. The Kier molecular flexibility index (Phi) is 5.68. The molecule has 0 atom stereocenters. The van der Waals surface area contributed by atoms with Crippen LogP contribution < -0.4 is 16.9 Å². The van der Waals surface area contributed by atoms with Crippen LogP contribution in [0.4, 0.5) is 0 Å². The van der Waals surface area contributed by atoms with E-state index in [1.54, 1.807) is 23.2 Å². The van der Waals surface area contributed by atoms with Crippen molar-refractivity contribution in [3.05, 3.63) is 37.6 Å². The van der Waals surface area contributed by atoms with Crippen LogP contribution in [0.3, 0.4) is 0 Å². The molecule has 146 valence electrons.